The molecular formula is C15H19N3O. The Hall–Kier alpha value is -1.68. The average molecular weight is 257 g/mol. The van der Waals surface area contributed by atoms with Crippen molar-refractivity contribution in [2.24, 2.45) is 5.73 Å². The number of nitrogens with two attached hydrogens (primary N) is 1. The summed E-state index contributed by atoms with van der Waals surface area (Å²) in [4.78, 5) is 4.53. The summed E-state index contributed by atoms with van der Waals surface area (Å²) in [6.45, 7) is 1.99. The first-order valence-electron chi connectivity index (χ1n) is 6.90. The number of hydrogen-bond acceptors (Lipinski definition) is 4. The number of rotatable bonds is 4. The fourth-order valence-electron chi connectivity index (χ4n) is 2.69. The van der Waals surface area contributed by atoms with Crippen LogP contribution in [0.15, 0.2) is 28.8 Å². The Morgan fingerprint density at radius 2 is 2.26 bits per heavy atom. The van der Waals surface area contributed by atoms with Crippen molar-refractivity contribution < 1.29 is 4.52 Å². The Kier molecular flexibility index (Phi) is 3.34. The van der Waals surface area contributed by atoms with E-state index in [1.54, 1.807) is 0 Å². The van der Waals surface area contributed by atoms with Gasteiger partial charge in [-0.05, 0) is 37.3 Å². The molecule has 0 bridgehead atoms. The minimum absolute atomic E-state index is 0.169. The van der Waals surface area contributed by atoms with Crippen LogP contribution in [0, 0.1) is 0 Å². The zero-order chi connectivity index (χ0) is 13.2. The Labute approximate surface area is 113 Å². The van der Waals surface area contributed by atoms with E-state index in [1.807, 2.05) is 6.92 Å². The molecule has 1 aromatic heterocycles. The molecule has 0 radical (unpaired) electrons. The molecule has 2 aromatic rings. The predicted octanol–water partition coefficient (Wildman–Crippen LogP) is 2.43. The van der Waals surface area contributed by atoms with Gasteiger partial charge in [-0.3, -0.25) is 0 Å². The molecule has 0 amide bonds. The van der Waals surface area contributed by atoms with Crippen LogP contribution in [0.1, 0.15) is 48.5 Å². The molecule has 0 spiro atoms. The van der Waals surface area contributed by atoms with Crippen LogP contribution in [0.5, 0.6) is 0 Å². The molecule has 3 rings (SSSR count). The summed E-state index contributed by atoms with van der Waals surface area (Å²) in [5.74, 6) is 1.82. The molecule has 1 aliphatic rings. The molecular weight excluding hydrogens is 238 g/mol. The molecule has 2 atom stereocenters. The zero-order valence-electron chi connectivity index (χ0n) is 11.2. The molecule has 1 heterocycles. The molecule has 2 N–H and O–H groups in total. The summed E-state index contributed by atoms with van der Waals surface area (Å²) < 4.78 is 5.33. The van der Waals surface area contributed by atoms with E-state index in [2.05, 4.69) is 34.4 Å². The lowest BCUT2D eigenvalue weighted by Gasteiger charge is -2.05. The van der Waals surface area contributed by atoms with E-state index in [1.165, 1.54) is 11.1 Å². The lowest BCUT2D eigenvalue weighted by Crippen LogP contribution is -2.15. The van der Waals surface area contributed by atoms with Crippen LogP contribution in [0.2, 0.25) is 0 Å². The van der Waals surface area contributed by atoms with Crippen LogP contribution in [0.4, 0.5) is 0 Å². The van der Waals surface area contributed by atoms with E-state index in [0.29, 0.717) is 11.8 Å². The second-order valence-corrected chi connectivity index (χ2v) is 5.35. The molecule has 19 heavy (non-hydrogen) atoms. The van der Waals surface area contributed by atoms with Gasteiger partial charge in [0.05, 0.1) is 0 Å². The molecule has 0 fully saturated rings. The van der Waals surface area contributed by atoms with Crippen molar-refractivity contribution in [2.75, 3.05) is 0 Å². The third-order valence-electron chi connectivity index (χ3n) is 3.74. The van der Waals surface area contributed by atoms with Crippen molar-refractivity contribution >= 4 is 0 Å². The highest BCUT2D eigenvalue weighted by atomic mass is 16.5. The number of fused-ring (bicyclic) bond motifs is 1. The topological polar surface area (TPSA) is 64.9 Å². The summed E-state index contributed by atoms with van der Waals surface area (Å²) in [6.07, 6.45) is 3.82. The van der Waals surface area contributed by atoms with Crippen LogP contribution < -0.4 is 5.73 Å². The van der Waals surface area contributed by atoms with Gasteiger partial charge in [-0.1, -0.05) is 29.4 Å². The SMILES string of the molecule is CC(N)CCc1nc(C2CCc3ccccc32)no1. The molecule has 0 aliphatic heterocycles. The maximum Gasteiger partial charge on any atom is 0.226 e. The highest BCUT2D eigenvalue weighted by Gasteiger charge is 2.27. The minimum Gasteiger partial charge on any atom is -0.339 e. The van der Waals surface area contributed by atoms with E-state index in [0.717, 1.165) is 31.5 Å². The first kappa shape index (κ1) is 12.4. The van der Waals surface area contributed by atoms with Gasteiger partial charge in [-0.15, -0.1) is 0 Å². The third kappa shape index (κ3) is 2.54. The van der Waals surface area contributed by atoms with Gasteiger partial charge in [-0.2, -0.15) is 4.98 Å². The molecule has 0 saturated heterocycles. The molecule has 100 valence electrons. The van der Waals surface area contributed by atoms with Gasteiger partial charge in [0, 0.05) is 18.4 Å². The molecule has 1 aliphatic carbocycles. The molecule has 4 nitrogen and oxygen atoms in total. The number of benzene rings is 1. The number of nitrogens with zero attached hydrogens (tertiary/aromatic N) is 2. The fraction of sp³-hybridized carbons (Fsp3) is 0.467. The molecule has 0 saturated carbocycles. The van der Waals surface area contributed by atoms with Crippen molar-refractivity contribution in [1.82, 2.24) is 10.1 Å². The first-order valence-corrected chi connectivity index (χ1v) is 6.90. The Balaban J connectivity index is 1.77. The zero-order valence-corrected chi connectivity index (χ0v) is 11.2. The third-order valence-corrected chi connectivity index (χ3v) is 3.74. The standard InChI is InChI=1S/C15H19N3O/c1-10(16)6-9-14-17-15(18-19-14)13-8-7-11-4-2-3-5-12(11)13/h2-5,10,13H,6-9,16H2,1H3. The van der Waals surface area contributed by atoms with Crippen LogP contribution in [-0.2, 0) is 12.8 Å². The highest BCUT2D eigenvalue weighted by molar-refractivity contribution is 5.38. The van der Waals surface area contributed by atoms with Crippen molar-refractivity contribution in [3.63, 3.8) is 0 Å². The molecule has 2 unspecified atom stereocenters. The fourth-order valence-corrected chi connectivity index (χ4v) is 2.69. The van der Waals surface area contributed by atoms with E-state index >= 15 is 0 Å². The summed E-state index contributed by atoms with van der Waals surface area (Å²) in [5.41, 5.74) is 8.50. The lowest BCUT2D eigenvalue weighted by molar-refractivity contribution is 0.365. The smallest absolute Gasteiger partial charge is 0.226 e. The summed E-state index contributed by atoms with van der Waals surface area (Å²) in [7, 11) is 0. The van der Waals surface area contributed by atoms with Gasteiger partial charge in [0.1, 0.15) is 0 Å². The Bertz CT molecular complexity index is 562. The average Bonchev–Trinajstić information content (AvgIpc) is 3.02. The Morgan fingerprint density at radius 3 is 3.11 bits per heavy atom. The lowest BCUT2D eigenvalue weighted by atomic mass is 10.0. The van der Waals surface area contributed by atoms with Crippen molar-refractivity contribution in [2.45, 2.75) is 44.6 Å². The quantitative estimate of drug-likeness (QED) is 0.913. The second-order valence-electron chi connectivity index (χ2n) is 5.35. The van der Waals surface area contributed by atoms with Gasteiger partial charge in [-0.25, -0.2) is 0 Å². The van der Waals surface area contributed by atoms with E-state index in [9.17, 15) is 0 Å². The highest BCUT2D eigenvalue weighted by Crippen LogP contribution is 2.36. The van der Waals surface area contributed by atoms with Gasteiger partial charge < -0.3 is 10.3 Å². The largest absolute Gasteiger partial charge is 0.339 e. The van der Waals surface area contributed by atoms with Gasteiger partial charge in [0.2, 0.25) is 5.89 Å². The second kappa shape index (κ2) is 5.13. The van der Waals surface area contributed by atoms with Gasteiger partial charge in [0.25, 0.3) is 0 Å². The number of aryl methyl sites for hydroxylation is 2. The van der Waals surface area contributed by atoms with E-state index < -0.39 is 0 Å². The van der Waals surface area contributed by atoms with Crippen LogP contribution in [-0.4, -0.2) is 16.2 Å². The molecule has 1 aromatic carbocycles. The monoisotopic (exact) mass is 257 g/mol. The minimum atomic E-state index is 0.169. The maximum absolute atomic E-state index is 5.74. The normalized spacial score (nSPS) is 19.4. The number of hydrogen-bond donors (Lipinski definition) is 1. The van der Waals surface area contributed by atoms with Gasteiger partial charge in [0.15, 0.2) is 5.82 Å². The maximum atomic E-state index is 5.74. The first-order chi connectivity index (χ1) is 9.24. The van der Waals surface area contributed by atoms with Crippen LogP contribution in [0.25, 0.3) is 0 Å². The van der Waals surface area contributed by atoms with Crippen LogP contribution >= 0.6 is 0 Å². The summed E-state index contributed by atoms with van der Waals surface area (Å²) >= 11 is 0. The number of aromatic nitrogens is 2. The Morgan fingerprint density at radius 1 is 1.42 bits per heavy atom. The summed E-state index contributed by atoms with van der Waals surface area (Å²) in [6, 6.07) is 8.69. The molecule has 4 heteroatoms. The predicted molar refractivity (Wildman–Crippen MR) is 72.9 cm³/mol. The van der Waals surface area contributed by atoms with E-state index in [4.69, 9.17) is 10.3 Å². The van der Waals surface area contributed by atoms with E-state index in [-0.39, 0.29) is 6.04 Å². The van der Waals surface area contributed by atoms with Crippen molar-refractivity contribution in [3.05, 3.63) is 47.1 Å². The summed E-state index contributed by atoms with van der Waals surface area (Å²) in [5, 5.41) is 4.15. The van der Waals surface area contributed by atoms with Crippen molar-refractivity contribution in [3.8, 4) is 0 Å². The van der Waals surface area contributed by atoms with Crippen molar-refractivity contribution in [1.29, 1.82) is 0 Å². The van der Waals surface area contributed by atoms with Gasteiger partial charge >= 0.3 is 0 Å². The van der Waals surface area contributed by atoms with Crippen LogP contribution in [0.3, 0.4) is 0 Å².